The van der Waals surface area contributed by atoms with E-state index in [0.29, 0.717) is 0 Å². The van der Waals surface area contributed by atoms with Crippen LogP contribution in [-0.2, 0) is 42.1 Å². The molecule has 0 aliphatic carbocycles. The van der Waals surface area contributed by atoms with Crippen molar-refractivity contribution in [1.82, 2.24) is 35.6 Å². The van der Waals surface area contributed by atoms with Crippen LogP contribution >= 0.6 is 0 Å². The maximum absolute atomic E-state index is 14.4. The van der Waals surface area contributed by atoms with Crippen molar-refractivity contribution in [3.8, 4) is 48.6 Å². The van der Waals surface area contributed by atoms with Gasteiger partial charge in [-0.3, -0.25) is 15.0 Å². The zero-order valence-corrected chi connectivity index (χ0v) is 52.5. The van der Waals surface area contributed by atoms with Crippen molar-refractivity contribution in [2.45, 2.75) is 51.4 Å². The van der Waals surface area contributed by atoms with Gasteiger partial charge in [0.1, 0.15) is 82.5 Å². The van der Waals surface area contributed by atoms with Crippen LogP contribution in [0.15, 0.2) is 20.0 Å². The van der Waals surface area contributed by atoms with Crippen molar-refractivity contribution in [2.75, 3.05) is 105 Å². The standard InChI is InChI=1S/C16F6N4.C12F4N4.3C7H13N3.C7H12N3.2W/c17-11-7(5(1-23)2-24)13(19)15(21)10-9(11)16(22)14(20)8(12(10)18)6(3-25)4-26;13-9-7(5(1-17)2-18)10(14)12(16)8(11(9)15)6(3-19)4-20;4*1-3-8-7-9-4-2-6-10(7)5-1;;/h;;3*1-6H2,(H,8,9);1-6H2;;/q;;;;;-1;;. The summed E-state index contributed by atoms with van der Waals surface area (Å²) in [5.74, 6) is -16.7. The van der Waals surface area contributed by atoms with E-state index in [1.807, 2.05) is 0 Å². The number of halogens is 10. The van der Waals surface area contributed by atoms with Crippen LogP contribution in [0, 0.1) is 149 Å². The Balaban J connectivity index is 0.000000235. The number of benzene rings is 3. The number of rotatable bonds is 0. The van der Waals surface area contributed by atoms with Crippen LogP contribution < -0.4 is 36.8 Å². The molecule has 4 saturated heterocycles. The van der Waals surface area contributed by atoms with E-state index in [1.165, 1.54) is 104 Å². The van der Waals surface area contributed by atoms with E-state index >= 15 is 0 Å². The third kappa shape index (κ3) is 16.8. The molecule has 3 N–H and O–H groups in total. The van der Waals surface area contributed by atoms with Crippen molar-refractivity contribution in [3.63, 3.8) is 0 Å². The molecule has 0 aromatic heterocycles. The Kier molecular flexibility index (Phi) is 28.5. The number of nitrogens with one attached hydrogen (secondary N) is 3. The maximum Gasteiger partial charge on any atom is 0.193 e. The third-order valence-corrected chi connectivity index (χ3v) is 13.6. The number of hydrogen-bond donors (Lipinski definition) is 3. The second-order valence-corrected chi connectivity index (χ2v) is 19.0. The summed E-state index contributed by atoms with van der Waals surface area (Å²) in [6.07, 6.45) is 9.89. The number of aliphatic imine (C=N–C) groups is 4. The summed E-state index contributed by atoms with van der Waals surface area (Å²) in [5, 5.41) is 73.2. The summed E-state index contributed by atoms with van der Waals surface area (Å²) >= 11 is 0. The SMILES string of the molecule is C1CN=C2NCCCN2C1.C1CN=C2NCCCN2C1.C1CN=C2NCCCN2C1.C1CN=C2[N-]CCCN2C1.N#CC(C#N)=c1c(F)c(F)c(=C(C#N)C#N)c(F)c1F.N#CC(C#N)=c1c(F)c(F)c2c(F)c(=C(C#N)C#N)c(F)c(F)c2c1F.[W].[W]. The second kappa shape index (κ2) is 35.0. The molecule has 0 spiro atoms. The minimum atomic E-state index is -2.23. The molecule has 0 unspecified atom stereocenters. The first-order valence-corrected chi connectivity index (χ1v) is 26.9. The second-order valence-electron chi connectivity index (χ2n) is 19.0. The molecule has 458 valence electrons. The van der Waals surface area contributed by atoms with Gasteiger partial charge in [0, 0.05) is 127 Å². The summed E-state index contributed by atoms with van der Waals surface area (Å²) < 4.78 is 140. The predicted octanol–water partition coefficient (Wildman–Crippen LogP) is 3.65. The van der Waals surface area contributed by atoms with Gasteiger partial charge in [-0.25, -0.2) is 43.9 Å². The van der Waals surface area contributed by atoms with Crippen molar-refractivity contribution in [3.05, 3.63) is 84.4 Å². The Morgan fingerprint density at radius 1 is 0.330 bits per heavy atom. The molecule has 8 heterocycles. The summed E-state index contributed by atoms with van der Waals surface area (Å²) in [4.78, 5) is 26.8. The molecule has 32 heteroatoms. The molecule has 0 saturated carbocycles. The van der Waals surface area contributed by atoms with E-state index in [2.05, 4.69) is 60.8 Å². The number of guanidine groups is 4. The molecule has 11 rings (SSSR count). The Bertz CT molecular complexity index is 3460. The quantitative estimate of drug-likeness (QED) is 0.214. The van der Waals surface area contributed by atoms with Gasteiger partial charge in [-0.2, -0.15) is 42.1 Å². The van der Waals surface area contributed by atoms with Crippen LogP contribution in [0.5, 0.6) is 0 Å². The van der Waals surface area contributed by atoms with Crippen LogP contribution in [0.25, 0.3) is 38.4 Å². The van der Waals surface area contributed by atoms with E-state index in [9.17, 15) is 43.9 Å². The number of nitrogens with zero attached hydrogens (tertiary/aromatic N) is 17. The summed E-state index contributed by atoms with van der Waals surface area (Å²) in [5.41, 5.74) is -4.96. The van der Waals surface area contributed by atoms with E-state index in [1.54, 1.807) is 0 Å². The van der Waals surface area contributed by atoms with Gasteiger partial charge >= 0.3 is 0 Å². The molecule has 0 atom stereocenters. The molecular weight excluding hydrogens is 1510 g/mol. The van der Waals surface area contributed by atoms with Gasteiger partial charge in [0.25, 0.3) is 0 Å². The van der Waals surface area contributed by atoms with E-state index < -0.39 is 112 Å². The summed E-state index contributed by atoms with van der Waals surface area (Å²) in [6, 6.07) is 8.53. The molecule has 8 aliphatic rings. The van der Waals surface area contributed by atoms with Crippen molar-refractivity contribution >= 4 is 56.9 Å². The average molecular weight is 1560 g/mol. The predicted molar refractivity (Wildman–Crippen MR) is 292 cm³/mol. The van der Waals surface area contributed by atoms with Gasteiger partial charge in [0.2, 0.25) is 0 Å². The Hall–Kier alpha value is -8.92. The van der Waals surface area contributed by atoms with E-state index in [4.69, 9.17) is 42.1 Å². The normalized spacial score (nSPS) is 16.2. The fraction of sp³-hybridized carbons (Fsp3) is 0.429. The first-order chi connectivity index (χ1) is 41.6. The monoisotopic (exact) mass is 1560 g/mol. The molecular formula is C56H51F10N20W2-. The third-order valence-electron chi connectivity index (χ3n) is 13.6. The maximum atomic E-state index is 14.4. The smallest absolute Gasteiger partial charge is 0.193 e. The zero-order chi connectivity index (χ0) is 62.5. The molecule has 8 aliphatic heterocycles. The summed E-state index contributed by atoms with van der Waals surface area (Å²) in [7, 11) is 0. The Morgan fingerprint density at radius 3 is 0.864 bits per heavy atom. The largest absolute Gasteiger partial charge is 0.426 e. The van der Waals surface area contributed by atoms with Crippen LogP contribution in [-0.4, -0.2) is 148 Å². The number of nitriles is 8. The number of fused-ring (bicyclic) bond motifs is 5. The van der Waals surface area contributed by atoms with Gasteiger partial charge < -0.3 is 45.9 Å². The fourth-order valence-corrected chi connectivity index (χ4v) is 9.54. The van der Waals surface area contributed by atoms with Gasteiger partial charge in [-0.1, -0.05) is 0 Å². The van der Waals surface area contributed by atoms with Crippen LogP contribution in [0.1, 0.15) is 51.4 Å². The van der Waals surface area contributed by atoms with Gasteiger partial charge in [0.15, 0.2) is 64.4 Å². The molecule has 4 fully saturated rings. The minimum absolute atomic E-state index is 0. The summed E-state index contributed by atoms with van der Waals surface area (Å²) in [6.45, 7) is 17.9. The molecule has 88 heavy (non-hydrogen) atoms. The Labute approximate surface area is 526 Å². The van der Waals surface area contributed by atoms with Gasteiger partial charge in [0.05, 0.1) is 31.6 Å². The molecule has 0 bridgehead atoms. The van der Waals surface area contributed by atoms with Crippen LogP contribution in [0.2, 0.25) is 0 Å². The minimum Gasteiger partial charge on any atom is -0.426 e. The topological polar surface area (TPSA) is 303 Å². The van der Waals surface area contributed by atoms with Crippen molar-refractivity contribution in [2.24, 2.45) is 20.0 Å². The molecule has 3 aromatic carbocycles. The molecule has 3 aromatic rings. The average Bonchev–Trinajstić information content (AvgIpc) is 1.07. The fourth-order valence-electron chi connectivity index (χ4n) is 9.54. The van der Waals surface area contributed by atoms with Crippen LogP contribution in [0.3, 0.4) is 0 Å². The van der Waals surface area contributed by atoms with Gasteiger partial charge in [-0.05, 0) is 77.5 Å². The first kappa shape index (κ1) is 71.6. The number of hydrogen-bond acceptors (Lipinski definition) is 19. The van der Waals surface area contributed by atoms with Crippen LogP contribution in [0.4, 0.5) is 43.9 Å². The van der Waals surface area contributed by atoms with E-state index in [-0.39, 0.29) is 42.1 Å². The molecule has 0 radical (unpaired) electrons. The molecule has 0 amide bonds. The van der Waals surface area contributed by atoms with E-state index in [0.717, 1.165) is 125 Å². The Morgan fingerprint density at radius 2 is 0.580 bits per heavy atom. The van der Waals surface area contributed by atoms with Gasteiger partial charge in [-0.15, -0.1) is 0 Å². The van der Waals surface area contributed by atoms with Crippen molar-refractivity contribution in [1.29, 1.82) is 42.1 Å². The zero-order valence-electron chi connectivity index (χ0n) is 46.7. The first-order valence-electron chi connectivity index (χ1n) is 26.9. The van der Waals surface area contributed by atoms with Crippen molar-refractivity contribution < 1.29 is 86.0 Å². The molecule has 20 nitrogen and oxygen atoms in total.